The average Bonchev–Trinajstić information content (AvgIpc) is 3.03. The Morgan fingerprint density at radius 1 is 1.19 bits per heavy atom. The lowest BCUT2D eigenvalue weighted by atomic mass is 10.1. The summed E-state index contributed by atoms with van der Waals surface area (Å²) in [5.41, 5.74) is 3.96. The van der Waals surface area contributed by atoms with E-state index in [2.05, 4.69) is 18.3 Å². The van der Waals surface area contributed by atoms with Crippen molar-refractivity contribution in [3.63, 3.8) is 0 Å². The van der Waals surface area contributed by atoms with Crippen molar-refractivity contribution in [2.24, 2.45) is 0 Å². The SMILES string of the molecule is CCCC(=O)Nc1cccc([C@H]2SCC(=O)N2c2ccccc2CC)c1. The van der Waals surface area contributed by atoms with Crippen molar-refractivity contribution < 1.29 is 9.59 Å². The number of nitrogens with one attached hydrogen (secondary N) is 1. The molecule has 1 saturated heterocycles. The van der Waals surface area contributed by atoms with E-state index >= 15 is 0 Å². The molecule has 1 N–H and O–H groups in total. The van der Waals surface area contributed by atoms with Crippen LogP contribution in [0, 0.1) is 0 Å². The van der Waals surface area contributed by atoms with Crippen LogP contribution in [0.3, 0.4) is 0 Å². The van der Waals surface area contributed by atoms with Crippen molar-refractivity contribution in [3.05, 3.63) is 59.7 Å². The smallest absolute Gasteiger partial charge is 0.238 e. The molecule has 1 fully saturated rings. The molecule has 2 amide bonds. The predicted octanol–water partition coefficient (Wildman–Crippen LogP) is 4.77. The van der Waals surface area contributed by atoms with Gasteiger partial charge in [-0.25, -0.2) is 0 Å². The van der Waals surface area contributed by atoms with Crippen LogP contribution in [0.25, 0.3) is 0 Å². The van der Waals surface area contributed by atoms with Gasteiger partial charge < -0.3 is 5.32 Å². The van der Waals surface area contributed by atoms with Crippen molar-refractivity contribution in [1.82, 2.24) is 0 Å². The van der Waals surface area contributed by atoms with Gasteiger partial charge in [-0.2, -0.15) is 0 Å². The number of carbonyl (C=O) groups is 2. The molecular weight excluding hydrogens is 344 g/mol. The molecule has 1 aliphatic heterocycles. The first kappa shape index (κ1) is 18.5. The van der Waals surface area contributed by atoms with E-state index in [1.165, 1.54) is 5.56 Å². The van der Waals surface area contributed by atoms with E-state index in [0.717, 1.165) is 29.8 Å². The second-order valence-corrected chi connectivity index (χ2v) is 7.40. The number of anilines is 2. The van der Waals surface area contributed by atoms with E-state index in [1.54, 1.807) is 11.8 Å². The summed E-state index contributed by atoms with van der Waals surface area (Å²) in [6.07, 6.45) is 2.21. The standard InChI is InChI=1S/C21H24N2O2S/c1-3-8-19(24)22-17-11-7-10-16(13-17)21-23(20(25)14-26-21)18-12-6-5-9-15(18)4-2/h5-7,9-13,21H,3-4,8,14H2,1-2H3,(H,22,24)/t21-/m1/s1. The molecule has 0 spiro atoms. The van der Waals surface area contributed by atoms with Gasteiger partial charge in [0.1, 0.15) is 5.37 Å². The minimum atomic E-state index is -0.0711. The Kier molecular flexibility index (Phi) is 5.99. The molecule has 2 aromatic carbocycles. The lowest BCUT2D eigenvalue weighted by molar-refractivity contribution is -0.116. The molecule has 0 aromatic heterocycles. The lowest BCUT2D eigenvalue weighted by Crippen LogP contribution is -2.28. The van der Waals surface area contributed by atoms with Crippen LogP contribution in [0.4, 0.5) is 11.4 Å². The highest BCUT2D eigenvalue weighted by molar-refractivity contribution is 8.00. The van der Waals surface area contributed by atoms with Crippen molar-refractivity contribution in [3.8, 4) is 0 Å². The van der Waals surface area contributed by atoms with Gasteiger partial charge in [0.2, 0.25) is 11.8 Å². The number of aryl methyl sites for hydroxylation is 1. The molecule has 0 bridgehead atoms. The van der Waals surface area contributed by atoms with E-state index in [0.29, 0.717) is 12.2 Å². The highest BCUT2D eigenvalue weighted by Crippen LogP contribution is 2.43. The third-order valence-electron chi connectivity index (χ3n) is 4.43. The molecule has 0 aliphatic carbocycles. The highest BCUT2D eigenvalue weighted by atomic mass is 32.2. The Hall–Kier alpha value is -2.27. The summed E-state index contributed by atoms with van der Waals surface area (Å²) in [5.74, 6) is 0.615. The van der Waals surface area contributed by atoms with Crippen LogP contribution >= 0.6 is 11.8 Å². The van der Waals surface area contributed by atoms with Gasteiger partial charge in [0.05, 0.1) is 5.75 Å². The van der Waals surface area contributed by atoms with Gasteiger partial charge in [-0.1, -0.05) is 44.2 Å². The monoisotopic (exact) mass is 368 g/mol. The van der Waals surface area contributed by atoms with Gasteiger partial charge in [-0.05, 0) is 42.2 Å². The minimum Gasteiger partial charge on any atom is -0.326 e. The maximum atomic E-state index is 12.6. The van der Waals surface area contributed by atoms with Crippen molar-refractivity contribution in [2.45, 2.75) is 38.5 Å². The predicted molar refractivity (Wildman–Crippen MR) is 108 cm³/mol. The van der Waals surface area contributed by atoms with Crippen LogP contribution in [0.2, 0.25) is 0 Å². The fourth-order valence-electron chi connectivity index (χ4n) is 3.20. The van der Waals surface area contributed by atoms with Gasteiger partial charge in [-0.3, -0.25) is 14.5 Å². The molecule has 3 rings (SSSR count). The largest absolute Gasteiger partial charge is 0.326 e. The summed E-state index contributed by atoms with van der Waals surface area (Å²) in [7, 11) is 0. The quantitative estimate of drug-likeness (QED) is 0.799. The number of carbonyl (C=O) groups excluding carboxylic acids is 2. The first-order chi connectivity index (χ1) is 12.6. The number of amides is 2. The van der Waals surface area contributed by atoms with Crippen LogP contribution in [0.1, 0.15) is 43.2 Å². The number of nitrogens with zero attached hydrogens (tertiary/aromatic N) is 1. The van der Waals surface area contributed by atoms with Gasteiger partial charge in [0, 0.05) is 17.8 Å². The van der Waals surface area contributed by atoms with Crippen LogP contribution in [-0.4, -0.2) is 17.6 Å². The van der Waals surface area contributed by atoms with Crippen LogP contribution in [0.15, 0.2) is 48.5 Å². The zero-order valence-electron chi connectivity index (χ0n) is 15.2. The first-order valence-corrected chi connectivity index (χ1v) is 10.1. The van der Waals surface area contributed by atoms with Gasteiger partial charge in [-0.15, -0.1) is 11.8 Å². The molecule has 136 valence electrons. The second-order valence-electron chi connectivity index (χ2n) is 6.33. The molecule has 1 atom stereocenters. The number of benzene rings is 2. The van der Waals surface area contributed by atoms with Crippen molar-refractivity contribution in [1.29, 1.82) is 0 Å². The molecule has 1 aliphatic rings. The molecule has 26 heavy (non-hydrogen) atoms. The van der Waals surface area contributed by atoms with Crippen LogP contribution in [0.5, 0.6) is 0 Å². The van der Waals surface area contributed by atoms with E-state index in [4.69, 9.17) is 0 Å². The van der Waals surface area contributed by atoms with E-state index in [-0.39, 0.29) is 17.2 Å². The Balaban J connectivity index is 1.90. The molecule has 1 heterocycles. The summed E-state index contributed by atoms with van der Waals surface area (Å²) in [5, 5.41) is 2.87. The Morgan fingerprint density at radius 2 is 2.00 bits per heavy atom. The molecule has 5 heteroatoms. The maximum absolute atomic E-state index is 12.6. The summed E-state index contributed by atoms with van der Waals surface area (Å²) in [4.78, 5) is 26.4. The fourth-order valence-corrected chi connectivity index (χ4v) is 4.36. The van der Waals surface area contributed by atoms with Crippen LogP contribution in [-0.2, 0) is 16.0 Å². The van der Waals surface area contributed by atoms with E-state index in [1.807, 2.05) is 54.3 Å². The molecule has 0 unspecified atom stereocenters. The summed E-state index contributed by atoms with van der Waals surface area (Å²) >= 11 is 1.63. The number of hydrogen-bond acceptors (Lipinski definition) is 3. The second kappa shape index (κ2) is 8.41. The third-order valence-corrected chi connectivity index (χ3v) is 5.64. The molecule has 4 nitrogen and oxygen atoms in total. The van der Waals surface area contributed by atoms with E-state index < -0.39 is 0 Å². The fraction of sp³-hybridized carbons (Fsp3) is 0.333. The van der Waals surface area contributed by atoms with Crippen LogP contribution < -0.4 is 10.2 Å². The van der Waals surface area contributed by atoms with Crippen molar-refractivity contribution >= 4 is 35.0 Å². The highest BCUT2D eigenvalue weighted by Gasteiger charge is 2.35. The summed E-state index contributed by atoms with van der Waals surface area (Å²) in [6.45, 7) is 4.09. The maximum Gasteiger partial charge on any atom is 0.238 e. The molecule has 2 aromatic rings. The van der Waals surface area contributed by atoms with Crippen molar-refractivity contribution in [2.75, 3.05) is 16.0 Å². The zero-order chi connectivity index (χ0) is 18.5. The average molecular weight is 369 g/mol. The Labute approximate surface area is 159 Å². The van der Waals surface area contributed by atoms with Gasteiger partial charge in [0.15, 0.2) is 0 Å². The summed E-state index contributed by atoms with van der Waals surface area (Å²) < 4.78 is 0. The lowest BCUT2D eigenvalue weighted by Gasteiger charge is -2.26. The Bertz CT molecular complexity index is 806. The number of hydrogen-bond donors (Lipinski definition) is 1. The van der Waals surface area contributed by atoms with Gasteiger partial charge >= 0.3 is 0 Å². The number of para-hydroxylation sites is 1. The third kappa shape index (κ3) is 3.93. The first-order valence-electron chi connectivity index (χ1n) is 9.05. The topological polar surface area (TPSA) is 49.4 Å². The number of thioether (sulfide) groups is 1. The summed E-state index contributed by atoms with van der Waals surface area (Å²) in [6, 6.07) is 15.9. The van der Waals surface area contributed by atoms with Gasteiger partial charge in [0.25, 0.3) is 0 Å². The minimum absolute atomic E-state index is 0.0213. The molecule has 0 saturated carbocycles. The Morgan fingerprint density at radius 3 is 2.77 bits per heavy atom. The molecular formula is C21H24N2O2S. The molecule has 0 radical (unpaired) electrons. The van der Waals surface area contributed by atoms with E-state index in [9.17, 15) is 9.59 Å². The normalized spacial score (nSPS) is 16.8. The zero-order valence-corrected chi connectivity index (χ0v) is 16.0. The number of rotatable bonds is 6.